The molecule has 34 heavy (non-hydrogen) atoms. The number of nitrogens with zero attached hydrogens (tertiary/aromatic N) is 4. The van der Waals surface area contributed by atoms with E-state index in [-0.39, 0.29) is 17.9 Å². The number of likely N-dealkylation sites (tertiary alicyclic amines) is 1. The lowest BCUT2D eigenvalue weighted by atomic mass is 9.63. The first-order valence-corrected chi connectivity index (χ1v) is 11.6. The highest BCUT2D eigenvalue weighted by Crippen LogP contribution is 2.57. The number of amides is 2. The molecule has 2 fully saturated rings. The van der Waals surface area contributed by atoms with Crippen LogP contribution in [-0.4, -0.2) is 39.8 Å². The SMILES string of the molecule is O=C(c1cnc2ccccc2c1)N1CCC2(CC1)C(=O)N(c1ccccc1)C2c1ccccn1. The van der Waals surface area contributed by atoms with Crippen molar-refractivity contribution < 1.29 is 9.59 Å². The minimum absolute atomic E-state index is 0.0332. The molecule has 0 bridgehead atoms. The highest BCUT2D eigenvalue weighted by Gasteiger charge is 2.62. The number of para-hydroxylation sites is 2. The van der Waals surface area contributed by atoms with Gasteiger partial charge in [-0.25, -0.2) is 0 Å². The van der Waals surface area contributed by atoms with Gasteiger partial charge in [0.15, 0.2) is 0 Å². The Labute approximate surface area is 197 Å². The van der Waals surface area contributed by atoms with Crippen LogP contribution in [0.15, 0.2) is 91.3 Å². The zero-order chi connectivity index (χ0) is 23.1. The van der Waals surface area contributed by atoms with Crippen LogP contribution in [0, 0.1) is 5.41 Å². The molecule has 0 radical (unpaired) electrons. The number of rotatable bonds is 3. The molecular formula is C28H24N4O2. The molecule has 2 aliphatic rings. The summed E-state index contributed by atoms with van der Waals surface area (Å²) in [5.74, 6) is 0.0861. The molecule has 2 saturated heterocycles. The number of fused-ring (bicyclic) bond motifs is 1. The van der Waals surface area contributed by atoms with E-state index in [0.717, 1.165) is 22.3 Å². The van der Waals surface area contributed by atoms with Crippen LogP contribution in [0.1, 0.15) is 34.9 Å². The van der Waals surface area contributed by atoms with Gasteiger partial charge in [-0.1, -0.05) is 42.5 Å². The molecule has 1 unspecified atom stereocenters. The third-order valence-electron chi connectivity index (χ3n) is 7.21. The van der Waals surface area contributed by atoms with E-state index in [1.165, 1.54) is 0 Å². The summed E-state index contributed by atoms with van der Waals surface area (Å²) in [6.45, 7) is 1.06. The average Bonchev–Trinajstić information content (AvgIpc) is 2.91. The average molecular weight is 449 g/mol. The second-order valence-electron chi connectivity index (χ2n) is 9.03. The van der Waals surface area contributed by atoms with Gasteiger partial charge in [0.2, 0.25) is 5.91 Å². The Bertz CT molecular complexity index is 1370. The standard InChI is InChI=1S/C28H24N4O2/c33-26(21-18-20-8-4-5-11-23(20)30-19-21)31-16-13-28(14-17-31)25(24-12-6-7-15-29-24)32(27(28)34)22-9-2-1-3-10-22/h1-12,15,18-19,25H,13-14,16-17H2. The number of carbonyl (C=O) groups excluding carboxylic acids is 2. The lowest BCUT2D eigenvalue weighted by Gasteiger charge is -2.58. The van der Waals surface area contributed by atoms with Gasteiger partial charge in [-0.2, -0.15) is 0 Å². The van der Waals surface area contributed by atoms with E-state index >= 15 is 0 Å². The van der Waals surface area contributed by atoms with Crippen molar-refractivity contribution in [2.45, 2.75) is 18.9 Å². The van der Waals surface area contributed by atoms with Crippen molar-refractivity contribution in [2.75, 3.05) is 18.0 Å². The maximum absolute atomic E-state index is 13.6. The number of benzene rings is 2. The van der Waals surface area contributed by atoms with Gasteiger partial charge in [-0.3, -0.25) is 19.6 Å². The molecule has 1 atom stereocenters. The number of pyridine rings is 2. The number of piperidine rings is 1. The van der Waals surface area contributed by atoms with Crippen LogP contribution >= 0.6 is 0 Å². The number of aromatic nitrogens is 2. The Balaban J connectivity index is 1.26. The van der Waals surface area contributed by atoms with E-state index in [4.69, 9.17) is 0 Å². The topological polar surface area (TPSA) is 66.4 Å². The Morgan fingerprint density at radius 3 is 2.38 bits per heavy atom. The van der Waals surface area contributed by atoms with Crippen molar-refractivity contribution in [3.05, 3.63) is 103 Å². The molecule has 2 aromatic heterocycles. The molecule has 6 heteroatoms. The van der Waals surface area contributed by atoms with Crippen LogP contribution in [0.2, 0.25) is 0 Å². The predicted octanol–water partition coefficient (Wildman–Crippen LogP) is 4.64. The fourth-order valence-corrected chi connectivity index (χ4v) is 5.43. The maximum atomic E-state index is 13.6. The Morgan fingerprint density at radius 1 is 0.882 bits per heavy atom. The molecule has 6 rings (SSSR count). The third kappa shape index (κ3) is 3.17. The van der Waals surface area contributed by atoms with Crippen molar-refractivity contribution in [3.63, 3.8) is 0 Å². The molecule has 0 N–H and O–H groups in total. The van der Waals surface area contributed by atoms with Gasteiger partial charge >= 0.3 is 0 Å². The van der Waals surface area contributed by atoms with E-state index in [1.54, 1.807) is 12.4 Å². The highest BCUT2D eigenvalue weighted by atomic mass is 16.2. The monoisotopic (exact) mass is 448 g/mol. The minimum atomic E-state index is -0.539. The molecular weight excluding hydrogens is 424 g/mol. The summed E-state index contributed by atoms with van der Waals surface area (Å²) < 4.78 is 0. The van der Waals surface area contributed by atoms with Crippen molar-refractivity contribution in [1.29, 1.82) is 0 Å². The smallest absolute Gasteiger partial charge is 0.255 e. The van der Waals surface area contributed by atoms with Gasteiger partial charge in [-0.15, -0.1) is 0 Å². The summed E-state index contributed by atoms with van der Waals surface area (Å²) in [7, 11) is 0. The second kappa shape index (κ2) is 8.06. The summed E-state index contributed by atoms with van der Waals surface area (Å²) in [5.41, 5.74) is 2.69. The van der Waals surface area contributed by atoms with Crippen molar-refractivity contribution in [3.8, 4) is 0 Å². The maximum Gasteiger partial charge on any atom is 0.255 e. The summed E-state index contributed by atoms with van der Waals surface area (Å²) in [6, 6.07) is 25.2. The molecule has 6 nitrogen and oxygen atoms in total. The number of β-lactam (4-membered cyclic amide) rings is 1. The van der Waals surface area contributed by atoms with Crippen molar-refractivity contribution in [1.82, 2.24) is 14.9 Å². The van der Waals surface area contributed by atoms with Gasteiger partial charge < -0.3 is 9.80 Å². The molecule has 1 spiro atoms. The summed E-state index contributed by atoms with van der Waals surface area (Å²) in [4.78, 5) is 39.6. The van der Waals surface area contributed by atoms with Gasteiger partial charge in [-0.05, 0) is 49.2 Å². The van der Waals surface area contributed by atoms with Crippen LogP contribution in [-0.2, 0) is 4.79 Å². The van der Waals surface area contributed by atoms with Crippen molar-refractivity contribution in [2.24, 2.45) is 5.41 Å². The molecule has 2 aromatic carbocycles. The first kappa shape index (κ1) is 20.5. The number of hydrogen-bond donors (Lipinski definition) is 0. The number of anilines is 1. The fraction of sp³-hybridized carbons (Fsp3) is 0.214. The van der Waals surface area contributed by atoms with E-state index in [9.17, 15) is 9.59 Å². The van der Waals surface area contributed by atoms with Crippen molar-refractivity contribution >= 4 is 28.4 Å². The van der Waals surface area contributed by atoms with Crippen LogP contribution in [0.4, 0.5) is 5.69 Å². The highest BCUT2D eigenvalue weighted by molar-refractivity contribution is 6.06. The molecule has 4 heterocycles. The van der Waals surface area contributed by atoms with Crippen LogP contribution < -0.4 is 4.90 Å². The Morgan fingerprint density at radius 2 is 1.62 bits per heavy atom. The van der Waals surface area contributed by atoms with E-state index in [0.29, 0.717) is 31.5 Å². The van der Waals surface area contributed by atoms with Crippen LogP contribution in [0.3, 0.4) is 0 Å². The van der Waals surface area contributed by atoms with Gasteiger partial charge in [0, 0.05) is 36.6 Å². The molecule has 2 amide bonds. The van der Waals surface area contributed by atoms with E-state index < -0.39 is 5.41 Å². The molecule has 2 aliphatic heterocycles. The predicted molar refractivity (Wildman–Crippen MR) is 130 cm³/mol. The van der Waals surface area contributed by atoms with Crippen LogP contribution in [0.5, 0.6) is 0 Å². The normalized spacial score (nSPS) is 19.3. The first-order valence-electron chi connectivity index (χ1n) is 11.6. The number of carbonyl (C=O) groups is 2. The van der Waals surface area contributed by atoms with E-state index in [2.05, 4.69) is 9.97 Å². The summed E-state index contributed by atoms with van der Waals surface area (Å²) in [5, 5.41) is 0.949. The zero-order valence-corrected chi connectivity index (χ0v) is 18.7. The van der Waals surface area contributed by atoms with Gasteiger partial charge in [0.25, 0.3) is 5.91 Å². The summed E-state index contributed by atoms with van der Waals surface area (Å²) in [6.07, 6.45) is 4.66. The largest absolute Gasteiger partial charge is 0.339 e. The Kier molecular flexibility index (Phi) is 4.87. The Hall–Kier alpha value is -4.06. The quantitative estimate of drug-likeness (QED) is 0.428. The lowest BCUT2D eigenvalue weighted by molar-refractivity contribution is -0.144. The zero-order valence-electron chi connectivity index (χ0n) is 18.7. The molecule has 0 saturated carbocycles. The minimum Gasteiger partial charge on any atom is -0.339 e. The van der Waals surface area contributed by atoms with Gasteiger partial charge in [0.1, 0.15) is 0 Å². The first-order chi connectivity index (χ1) is 16.7. The number of hydrogen-bond acceptors (Lipinski definition) is 4. The van der Waals surface area contributed by atoms with Gasteiger partial charge in [0.05, 0.1) is 28.2 Å². The molecule has 4 aromatic rings. The van der Waals surface area contributed by atoms with Crippen LogP contribution in [0.25, 0.3) is 10.9 Å². The third-order valence-corrected chi connectivity index (χ3v) is 7.21. The fourth-order valence-electron chi connectivity index (χ4n) is 5.43. The van der Waals surface area contributed by atoms with E-state index in [1.807, 2.05) is 88.7 Å². The lowest BCUT2D eigenvalue weighted by Crippen LogP contribution is -2.67. The molecule has 0 aliphatic carbocycles. The second-order valence-corrected chi connectivity index (χ2v) is 9.03. The summed E-state index contributed by atoms with van der Waals surface area (Å²) >= 11 is 0. The molecule has 168 valence electrons.